The molecule has 0 unspecified atom stereocenters. The van der Waals surface area contributed by atoms with E-state index in [-0.39, 0.29) is 29.4 Å². The first-order valence-electron chi connectivity index (χ1n) is 10.8. The highest BCUT2D eigenvalue weighted by Crippen LogP contribution is 2.37. The van der Waals surface area contributed by atoms with Crippen LogP contribution in [0.1, 0.15) is 72.6 Å². The van der Waals surface area contributed by atoms with Gasteiger partial charge in [0, 0.05) is 0 Å². The fraction of sp³-hybridized carbons (Fsp3) is 0.696. The summed E-state index contributed by atoms with van der Waals surface area (Å²) in [5.74, 6) is 0. The summed E-state index contributed by atoms with van der Waals surface area (Å²) in [7, 11) is -0.410. The molecule has 0 aromatic heterocycles. The summed E-state index contributed by atoms with van der Waals surface area (Å²) in [6.45, 7) is 18.8. The molecule has 0 saturated carbocycles. The zero-order chi connectivity index (χ0) is 22.5. The van der Waals surface area contributed by atoms with E-state index in [9.17, 15) is 4.79 Å². The van der Waals surface area contributed by atoms with Crippen molar-refractivity contribution in [2.75, 3.05) is 13.2 Å². The molecule has 0 aliphatic carbocycles. The highest BCUT2D eigenvalue weighted by molar-refractivity contribution is 6.62. The van der Waals surface area contributed by atoms with Gasteiger partial charge in [0.05, 0.1) is 36.5 Å². The van der Waals surface area contributed by atoms with Crippen LogP contribution in [0.25, 0.3) is 0 Å². The third-order valence-corrected chi connectivity index (χ3v) is 6.17. The van der Waals surface area contributed by atoms with Crippen LogP contribution in [0.2, 0.25) is 0 Å². The number of benzene rings is 1. The normalized spacial score (nSPS) is 26.0. The Labute approximate surface area is 181 Å². The summed E-state index contributed by atoms with van der Waals surface area (Å²) in [6, 6.07) is 5.97. The molecule has 2 saturated heterocycles. The summed E-state index contributed by atoms with van der Waals surface area (Å²) in [5, 5.41) is 0. The van der Waals surface area contributed by atoms with E-state index >= 15 is 0 Å². The minimum absolute atomic E-state index is 0.0295. The molecular formula is C23H36BNO5. The number of carbonyl (C=O) groups excluding carboxylic acids is 1. The molecule has 1 amide bonds. The van der Waals surface area contributed by atoms with Crippen molar-refractivity contribution >= 4 is 18.7 Å². The number of nitrogens with zero attached hydrogens (tertiary/aromatic N) is 1. The van der Waals surface area contributed by atoms with E-state index in [1.54, 1.807) is 4.90 Å². The lowest BCUT2D eigenvalue weighted by Gasteiger charge is -2.40. The molecule has 7 heteroatoms. The molecule has 0 bridgehead atoms. The van der Waals surface area contributed by atoms with Gasteiger partial charge in [-0.2, -0.15) is 0 Å². The highest BCUT2D eigenvalue weighted by Gasteiger charge is 2.51. The minimum Gasteiger partial charge on any atom is -0.444 e. The van der Waals surface area contributed by atoms with E-state index < -0.39 is 12.7 Å². The summed E-state index contributed by atoms with van der Waals surface area (Å²) in [5.41, 5.74) is 1.78. The predicted octanol–water partition coefficient (Wildman–Crippen LogP) is 3.99. The molecule has 1 aromatic rings. The SMILES string of the molecule is Cc1cc(B2OC(C)(C)C(C)(C)O2)ccc1[C@@H]1CO[C@@H](C)CN1C(=O)OC(C)(C)C. The number of ether oxygens (including phenoxy) is 2. The molecule has 2 fully saturated rings. The highest BCUT2D eigenvalue weighted by atomic mass is 16.7. The van der Waals surface area contributed by atoms with E-state index in [2.05, 4.69) is 19.1 Å². The smallest absolute Gasteiger partial charge is 0.444 e. The van der Waals surface area contributed by atoms with Crippen LogP contribution in [0.15, 0.2) is 18.2 Å². The molecule has 1 aromatic carbocycles. The molecule has 0 spiro atoms. The molecule has 0 radical (unpaired) electrons. The fourth-order valence-electron chi connectivity index (χ4n) is 3.78. The number of hydrogen-bond donors (Lipinski definition) is 0. The Bertz CT molecular complexity index is 785. The Kier molecular flexibility index (Phi) is 6.04. The van der Waals surface area contributed by atoms with Crippen LogP contribution >= 0.6 is 0 Å². The quantitative estimate of drug-likeness (QED) is 0.681. The maximum absolute atomic E-state index is 12.9. The van der Waals surface area contributed by atoms with Gasteiger partial charge in [-0.25, -0.2) is 4.79 Å². The third kappa shape index (κ3) is 4.68. The molecule has 3 rings (SSSR count). The second kappa shape index (κ2) is 7.84. The van der Waals surface area contributed by atoms with Crippen molar-refractivity contribution in [3.8, 4) is 0 Å². The van der Waals surface area contributed by atoms with Crippen LogP contribution in [0.4, 0.5) is 4.79 Å². The van der Waals surface area contributed by atoms with Gasteiger partial charge in [0.2, 0.25) is 0 Å². The van der Waals surface area contributed by atoms with E-state index in [1.807, 2.05) is 61.5 Å². The average Bonchev–Trinajstić information content (AvgIpc) is 2.81. The number of amides is 1. The van der Waals surface area contributed by atoms with E-state index in [4.69, 9.17) is 18.8 Å². The van der Waals surface area contributed by atoms with Crippen molar-refractivity contribution in [3.05, 3.63) is 29.3 Å². The van der Waals surface area contributed by atoms with E-state index in [0.717, 1.165) is 16.6 Å². The van der Waals surface area contributed by atoms with Crippen molar-refractivity contribution in [2.45, 2.75) is 91.3 Å². The third-order valence-electron chi connectivity index (χ3n) is 6.17. The molecule has 2 atom stereocenters. The number of aryl methyl sites for hydroxylation is 1. The van der Waals surface area contributed by atoms with Gasteiger partial charge in [-0.3, -0.25) is 4.90 Å². The van der Waals surface area contributed by atoms with Crippen LogP contribution in [0, 0.1) is 6.92 Å². The van der Waals surface area contributed by atoms with Gasteiger partial charge in [-0.05, 0) is 78.9 Å². The van der Waals surface area contributed by atoms with Crippen LogP contribution in [0.3, 0.4) is 0 Å². The molecule has 6 nitrogen and oxygen atoms in total. The average molecular weight is 417 g/mol. The minimum atomic E-state index is -0.543. The predicted molar refractivity (Wildman–Crippen MR) is 118 cm³/mol. The first kappa shape index (κ1) is 23.1. The van der Waals surface area contributed by atoms with Crippen molar-refractivity contribution in [2.24, 2.45) is 0 Å². The Balaban J connectivity index is 1.85. The molecule has 0 N–H and O–H groups in total. The second-order valence-corrected chi connectivity index (χ2v) is 10.5. The van der Waals surface area contributed by atoms with Crippen molar-refractivity contribution < 1.29 is 23.6 Å². The topological polar surface area (TPSA) is 57.2 Å². The van der Waals surface area contributed by atoms with Crippen LogP contribution < -0.4 is 5.46 Å². The summed E-state index contributed by atoms with van der Waals surface area (Å²) < 4.78 is 23.9. The molecule has 2 aliphatic heterocycles. The van der Waals surface area contributed by atoms with Crippen LogP contribution in [-0.4, -0.2) is 54.2 Å². The van der Waals surface area contributed by atoms with Crippen molar-refractivity contribution in [3.63, 3.8) is 0 Å². The number of morpholine rings is 1. The maximum Gasteiger partial charge on any atom is 0.494 e. The van der Waals surface area contributed by atoms with Gasteiger partial charge in [0.25, 0.3) is 0 Å². The Morgan fingerprint density at radius 1 is 1.17 bits per heavy atom. The monoisotopic (exact) mass is 417 g/mol. The lowest BCUT2D eigenvalue weighted by atomic mass is 9.77. The van der Waals surface area contributed by atoms with Gasteiger partial charge in [-0.15, -0.1) is 0 Å². The number of hydrogen-bond acceptors (Lipinski definition) is 5. The maximum atomic E-state index is 12.9. The summed E-state index contributed by atoms with van der Waals surface area (Å²) in [6.07, 6.45) is -0.338. The zero-order valence-electron chi connectivity index (χ0n) is 19.9. The summed E-state index contributed by atoms with van der Waals surface area (Å²) >= 11 is 0. The second-order valence-electron chi connectivity index (χ2n) is 10.5. The number of rotatable bonds is 2. The first-order chi connectivity index (χ1) is 13.7. The lowest BCUT2D eigenvalue weighted by Crippen LogP contribution is -2.48. The van der Waals surface area contributed by atoms with Crippen LogP contribution in [0.5, 0.6) is 0 Å². The molecule has 30 heavy (non-hydrogen) atoms. The van der Waals surface area contributed by atoms with Gasteiger partial charge in [0.15, 0.2) is 0 Å². The van der Waals surface area contributed by atoms with Crippen molar-refractivity contribution in [1.29, 1.82) is 0 Å². The van der Waals surface area contributed by atoms with Gasteiger partial charge >= 0.3 is 13.2 Å². The summed E-state index contributed by atoms with van der Waals surface area (Å²) in [4.78, 5) is 14.7. The molecule has 166 valence electrons. The first-order valence-corrected chi connectivity index (χ1v) is 10.8. The van der Waals surface area contributed by atoms with Crippen molar-refractivity contribution in [1.82, 2.24) is 4.90 Å². The zero-order valence-corrected chi connectivity index (χ0v) is 19.9. The molecule has 2 aliphatic rings. The Morgan fingerprint density at radius 3 is 2.30 bits per heavy atom. The molecular weight excluding hydrogens is 381 g/mol. The standard InChI is InChI=1S/C23H36BNO5/c1-15-12-17(24-29-22(6,7)23(8,9)30-24)10-11-18(15)19-14-27-16(2)13-25(19)20(26)28-21(3,4)5/h10-12,16,19H,13-14H2,1-9H3/t16-,19-/m0/s1. The Hall–Kier alpha value is -1.57. The number of carbonyl (C=O) groups is 1. The largest absolute Gasteiger partial charge is 0.494 e. The van der Waals surface area contributed by atoms with Crippen LogP contribution in [-0.2, 0) is 18.8 Å². The Morgan fingerprint density at radius 2 is 1.77 bits per heavy atom. The van der Waals surface area contributed by atoms with E-state index in [1.165, 1.54) is 0 Å². The fourth-order valence-corrected chi connectivity index (χ4v) is 3.78. The van der Waals surface area contributed by atoms with E-state index in [0.29, 0.717) is 13.2 Å². The lowest BCUT2D eigenvalue weighted by molar-refractivity contribution is -0.0645. The van der Waals surface area contributed by atoms with Gasteiger partial charge < -0.3 is 18.8 Å². The van der Waals surface area contributed by atoms with Gasteiger partial charge in [0.1, 0.15) is 5.60 Å². The van der Waals surface area contributed by atoms with Gasteiger partial charge in [-0.1, -0.05) is 18.2 Å². The molecule has 2 heterocycles.